The summed E-state index contributed by atoms with van der Waals surface area (Å²) in [6, 6.07) is 113. The third kappa shape index (κ3) is 8.57. The maximum Gasteiger partial charge on any atom is 0.0618 e. The maximum atomic E-state index is 2.47. The molecule has 0 radical (unpaired) electrons. The van der Waals surface area contributed by atoms with Crippen molar-refractivity contribution in [2.24, 2.45) is 0 Å². The number of benzene rings is 13. The summed E-state index contributed by atoms with van der Waals surface area (Å²) >= 11 is 0. The van der Waals surface area contributed by atoms with Gasteiger partial charge < -0.3 is 4.90 Å². The number of rotatable bonds is 11. The number of hydrogen-bond acceptors (Lipinski definition) is 1. The van der Waals surface area contributed by atoms with Crippen LogP contribution in [0.4, 0.5) is 17.1 Å². The van der Waals surface area contributed by atoms with E-state index in [1.54, 1.807) is 0 Å². The lowest BCUT2D eigenvalue weighted by Gasteiger charge is -2.31. The molecule has 0 amide bonds. The van der Waals surface area contributed by atoms with E-state index in [0.29, 0.717) is 0 Å². The van der Waals surface area contributed by atoms with Crippen molar-refractivity contribution in [2.45, 2.75) is 0 Å². The largest absolute Gasteiger partial charge is 0.309 e. The Morgan fingerprint density at radius 2 is 0.533 bits per heavy atom. The molecule has 1 nitrogen and oxygen atoms in total. The molecule has 0 saturated heterocycles. The standard InChI is InChI=1S/C74H51N/c1-7-23-52(24-8-1)60-45-50-63(70(51-60)55-29-13-4-14-30-55)56-41-46-61(47-42-56)75(74-65(53-25-9-2-10-26-53)38-22-39-66(74)54-27-11-3-12-28-54)62-48-43-57(44-49-62)64-37-21-40-69-72(59-33-17-6-18-34-59)71(58-31-15-5-16-32-58)67-35-19-20-36-68(67)73(64)69/h1-51H. The normalized spacial score (nSPS) is 11.2. The third-order valence-electron chi connectivity index (χ3n) is 14.7. The van der Waals surface area contributed by atoms with Crippen LogP contribution < -0.4 is 4.90 Å². The zero-order valence-corrected chi connectivity index (χ0v) is 41.4. The monoisotopic (exact) mass is 953 g/mol. The Morgan fingerprint density at radius 3 is 1.04 bits per heavy atom. The lowest BCUT2D eigenvalue weighted by atomic mass is 9.83. The highest BCUT2D eigenvalue weighted by atomic mass is 15.1. The molecule has 13 rings (SSSR count). The van der Waals surface area contributed by atoms with Crippen molar-refractivity contribution in [1.82, 2.24) is 0 Å². The quantitative estimate of drug-likeness (QED) is 0.117. The van der Waals surface area contributed by atoms with Gasteiger partial charge in [0, 0.05) is 22.5 Å². The smallest absolute Gasteiger partial charge is 0.0618 e. The minimum Gasteiger partial charge on any atom is -0.309 e. The number of hydrogen-bond donors (Lipinski definition) is 0. The highest BCUT2D eigenvalue weighted by molar-refractivity contribution is 6.25. The van der Waals surface area contributed by atoms with E-state index in [0.717, 1.165) is 50.4 Å². The van der Waals surface area contributed by atoms with Crippen LogP contribution in [0.25, 0.3) is 111 Å². The second-order valence-corrected chi connectivity index (χ2v) is 19.1. The SMILES string of the molecule is c1ccc(-c2ccc(-c3ccc(N(c4ccc(-c5cccc6c(-c7ccccc7)c(-c7ccccc7)c7ccccc7c56)cc4)c4c(-c5ccccc5)cccc4-c4ccccc4)cc3)c(-c3ccccc3)c2)cc1. The molecule has 0 aliphatic heterocycles. The van der Waals surface area contributed by atoms with E-state index in [9.17, 15) is 0 Å². The van der Waals surface area contributed by atoms with Crippen LogP contribution in [-0.2, 0) is 0 Å². The zero-order valence-electron chi connectivity index (χ0n) is 41.4. The van der Waals surface area contributed by atoms with Gasteiger partial charge in [0.2, 0.25) is 0 Å². The summed E-state index contributed by atoms with van der Waals surface area (Å²) in [7, 11) is 0. The minimum atomic E-state index is 1.06. The van der Waals surface area contributed by atoms with Crippen molar-refractivity contribution >= 4 is 38.6 Å². The van der Waals surface area contributed by atoms with Gasteiger partial charge in [-0.2, -0.15) is 0 Å². The first kappa shape index (κ1) is 45.1. The molecule has 0 aliphatic rings. The summed E-state index contributed by atoms with van der Waals surface area (Å²) in [6.07, 6.45) is 0. The number of anilines is 3. The van der Waals surface area contributed by atoms with E-state index in [1.165, 1.54) is 77.2 Å². The Balaban J connectivity index is 1.00. The fourth-order valence-corrected chi connectivity index (χ4v) is 11.2. The summed E-state index contributed by atoms with van der Waals surface area (Å²) in [5, 5.41) is 4.96. The molecule has 0 aromatic heterocycles. The van der Waals surface area contributed by atoms with Gasteiger partial charge in [0.05, 0.1) is 5.69 Å². The fourth-order valence-electron chi connectivity index (χ4n) is 11.2. The van der Waals surface area contributed by atoms with Gasteiger partial charge >= 0.3 is 0 Å². The van der Waals surface area contributed by atoms with Gasteiger partial charge in [-0.1, -0.05) is 279 Å². The Morgan fingerprint density at radius 1 is 0.187 bits per heavy atom. The second-order valence-electron chi connectivity index (χ2n) is 19.1. The Labute approximate surface area is 439 Å². The summed E-state index contributed by atoms with van der Waals surface area (Å²) in [6.45, 7) is 0. The molecule has 0 atom stereocenters. The Kier molecular flexibility index (Phi) is 12.0. The number of fused-ring (bicyclic) bond motifs is 3. The van der Waals surface area contributed by atoms with Crippen LogP contribution >= 0.6 is 0 Å². The summed E-state index contributed by atoms with van der Waals surface area (Å²) in [5.41, 5.74) is 22.2. The molecule has 0 bridgehead atoms. The molecule has 0 aliphatic carbocycles. The van der Waals surface area contributed by atoms with Crippen molar-refractivity contribution in [3.8, 4) is 89.0 Å². The van der Waals surface area contributed by atoms with Crippen LogP contribution in [0.3, 0.4) is 0 Å². The van der Waals surface area contributed by atoms with Crippen molar-refractivity contribution in [3.63, 3.8) is 0 Å². The molecule has 0 fully saturated rings. The van der Waals surface area contributed by atoms with Crippen molar-refractivity contribution in [2.75, 3.05) is 4.90 Å². The zero-order chi connectivity index (χ0) is 49.9. The summed E-state index contributed by atoms with van der Waals surface area (Å²) in [4.78, 5) is 2.47. The molecule has 13 aromatic rings. The van der Waals surface area contributed by atoms with Gasteiger partial charge in [-0.25, -0.2) is 0 Å². The van der Waals surface area contributed by atoms with Crippen LogP contribution in [-0.4, -0.2) is 0 Å². The van der Waals surface area contributed by atoms with E-state index < -0.39 is 0 Å². The first-order valence-electron chi connectivity index (χ1n) is 25.8. The van der Waals surface area contributed by atoms with Crippen LogP contribution in [0.5, 0.6) is 0 Å². The molecule has 13 aromatic carbocycles. The topological polar surface area (TPSA) is 3.24 Å². The molecule has 352 valence electrons. The summed E-state index contributed by atoms with van der Waals surface area (Å²) < 4.78 is 0. The summed E-state index contributed by atoms with van der Waals surface area (Å²) in [5.74, 6) is 0. The molecule has 1 heteroatoms. The van der Waals surface area contributed by atoms with Crippen molar-refractivity contribution in [3.05, 3.63) is 309 Å². The number of para-hydroxylation sites is 1. The van der Waals surface area contributed by atoms with Crippen molar-refractivity contribution in [1.29, 1.82) is 0 Å². The molecule has 0 spiro atoms. The molecule has 0 N–H and O–H groups in total. The fraction of sp³-hybridized carbons (Fsp3) is 0. The van der Waals surface area contributed by atoms with Gasteiger partial charge in [0.25, 0.3) is 0 Å². The first-order valence-corrected chi connectivity index (χ1v) is 25.8. The predicted octanol–water partition coefficient (Wildman–Crippen LogP) is 20.8. The van der Waals surface area contributed by atoms with E-state index >= 15 is 0 Å². The molecular weight excluding hydrogens is 903 g/mol. The van der Waals surface area contributed by atoms with E-state index in [4.69, 9.17) is 0 Å². The van der Waals surface area contributed by atoms with Gasteiger partial charge in [-0.15, -0.1) is 0 Å². The second kappa shape index (κ2) is 20.0. The van der Waals surface area contributed by atoms with E-state index in [2.05, 4.69) is 314 Å². The van der Waals surface area contributed by atoms with Crippen molar-refractivity contribution < 1.29 is 0 Å². The van der Waals surface area contributed by atoms with Crippen LogP contribution in [0.15, 0.2) is 309 Å². The lowest BCUT2D eigenvalue weighted by molar-refractivity contribution is 1.28. The maximum absolute atomic E-state index is 2.47. The highest BCUT2D eigenvalue weighted by Gasteiger charge is 2.24. The average molecular weight is 954 g/mol. The number of nitrogens with zero attached hydrogens (tertiary/aromatic N) is 1. The van der Waals surface area contributed by atoms with Gasteiger partial charge in [0.15, 0.2) is 0 Å². The Bertz CT molecular complexity index is 4040. The van der Waals surface area contributed by atoms with Gasteiger partial charge in [-0.05, 0) is 130 Å². The third-order valence-corrected chi connectivity index (χ3v) is 14.7. The first-order chi connectivity index (χ1) is 37.2. The molecule has 75 heavy (non-hydrogen) atoms. The van der Waals surface area contributed by atoms with Crippen LogP contribution in [0.2, 0.25) is 0 Å². The average Bonchev–Trinajstić information content (AvgIpc) is 3.50. The van der Waals surface area contributed by atoms with E-state index in [-0.39, 0.29) is 0 Å². The van der Waals surface area contributed by atoms with Gasteiger partial charge in [0.1, 0.15) is 0 Å². The molecule has 0 unspecified atom stereocenters. The predicted molar refractivity (Wildman–Crippen MR) is 320 cm³/mol. The highest BCUT2D eigenvalue weighted by Crippen LogP contribution is 2.50. The Hall–Kier alpha value is -9.82. The molecule has 0 heterocycles. The van der Waals surface area contributed by atoms with Gasteiger partial charge in [-0.3, -0.25) is 0 Å². The van der Waals surface area contributed by atoms with Crippen LogP contribution in [0, 0.1) is 0 Å². The molecule has 0 saturated carbocycles. The minimum absolute atomic E-state index is 1.06. The lowest BCUT2D eigenvalue weighted by Crippen LogP contribution is -2.12. The molecular formula is C74H51N. The van der Waals surface area contributed by atoms with Crippen LogP contribution in [0.1, 0.15) is 0 Å². The van der Waals surface area contributed by atoms with E-state index in [1.807, 2.05) is 0 Å².